The largest absolute Gasteiger partial charge is 0.379 e. The lowest BCUT2D eigenvalue weighted by atomic mass is 10.0. The summed E-state index contributed by atoms with van der Waals surface area (Å²) in [4.78, 5) is 0. The number of hydrogen-bond acceptors (Lipinski definition) is 2. The van der Waals surface area contributed by atoms with Crippen molar-refractivity contribution < 1.29 is 9.47 Å². The molecule has 0 aliphatic carbocycles. The normalized spacial score (nSPS) is 17.3. The van der Waals surface area contributed by atoms with Gasteiger partial charge in [-0.25, -0.2) is 0 Å². The van der Waals surface area contributed by atoms with E-state index in [-0.39, 0.29) is 0 Å². The summed E-state index contributed by atoms with van der Waals surface area (Å²) in [6.45, 7) is 4.95. The first-order chi connectivity index (χ1) is 10.4. The van der Waals surface area contributed by atoms with Crippen molar-refractivity contribution in [3.63, 3.8) is 0 Å². The van der Waals surface area contributed by atoms with E-state index in [4.69, 9.17) is 9.47 Å². The van der Waals surface area contributed by atoms with Crippen molar-refractivity contribution in [3.8, 4) is 0 Å². The third-order valence-electron chi connectivity index (χ3n) is 4.35. The van der Waals surface area contributed by atoms with Crippen LogP contribution in [0.4, 0.5) is 0 Å². The molecule has 21 heavy (non-hydrogen) atoms. The highest BCUT2D eigenvalue weighted by Gasteiger charge is 2.21. The molecule has 1 atom stereocenters. The van der Waals surface area contributed by atoms with Crippen molar-refractivity contribution in [3.05, 3.63) is 0 Å². The lowest BCUT2D eigenvalue weighted by Gasteiger charge is -2.04. The SMILES string of the molecule is CCCCCCCCCCCCCCCCOC[C@H]1CO1. The molecule has 1 aliphatic heterocycles. The molecule has 0 spiro atoms. The Morgan fingerprint density at radius 3 is 1.57 bits per heavy atom. The highest BCUT2D eigenvalue weighted by Crippen LogP contribution is 2.13. The van der Waals surface area contributed by atoms with Gasteiger partial charge in [0.1, 0.15) is 6.10 Å². The van der Waals surface area contributed by atoms with Gasteiger partial charge in [0, 0.05) is 6.61 Å². The minimum atomic E-state index is 0.427. The molecule has 0 unspecified atom stereocenters. The predicted molar refractivity (Wildman–Crippen MR) is 90.9 cm³/mol. The maximum absolute atomic E-state index is 5.54. The zero-order valence-corrected chi connectivity index (χ0v) is 14.4. The van der Waals surface area contributed by atoms with Crippen LogP contribution in [0.1, 0.15) is 96.8 Å². The smallest absolute Gasteiger partial charge is 0.104 e. The molecule has 1 fully saturated rings. The van der Waals surface area contributed by atoms with Crippen LogP contribution in [0.25, 0.3) is 0 Å². The van der Waals surface area contributed by atoms with Crippen molar-refractivity contribution in [2.75, 3.05) is 19.8 Å². The quantitative estimate of drug-likeness (QED) is 0.247. The minimum absolute atomic E-state index is 0.427. The van der Waals surface area contributed by atoms with E-state index in [1.54, 1.807) is 0 Å². The molecule has 0 radical (unpaired) electrons. The highest BCUT2D eigenvalue weighted by molar-refractivity contribution is 4.66. The molecule has 0 saturated carbocycles. The minimum Gasteiger partial charge on any atom is -0.379 e. The van der Waals surface area contributed by atoms with Gasteiger partial charge in [0.05, 0.1) is 13.2 Å². The monoisotopic (exact) mass is 298 g/mol. The molecule has 2 heteroatoms. The second-order valence-electron chi connectivity index (χ2n) is 6.63. The molecule has 0 bridgehead atoms. The molecule has 2 nitrogen and oxygen atoms in total. The second kappa shape index (κ2) is 14.8. The van der Waals surface area contributed by atoms with Gasteiger partial charge in [0.2, 0.25) is 0 Å². The van der Waals surface area contributed by atoms with E-state index in [1.165, 1.54) is 89.9 Å². The van der Waals surface area contributed by atoms with Crippen molar-refractivity contribution in [2.24, 2.45) is 0 Å². The average molecular weight is 299 g/mol. The molecule has 1 saturated heterocycles. The molecule has 1 heterocycles. The van der Waals surface area contributed by atoms with E-state index in [1.807, 2.05) is 0 Å². The Hall–Kier alpha value is -0.0800. The lowest BCUT2D eigenvalue weighted by molar-refractivity contribution is 0.113. The Labute approximate surface area is 133 Å². The van der Waals surface area contributed by atoms with Gasteiger partial charge in [0.25, 0.3) is 0 Å². The van der Waals surface area contributed by atoms with Crippen molar-refractivity contribution >= 4 is 0 Å². The van der Waals surface area contributed by atoms with Gasteiger partial charge in [-0.2, -0.15) is 0 Å². The maximum atomic E-state index is 5.54. The fourth-order valence-corrected chi connectivity index (χ4v) is 2.78. The molecule has 0 aromatic rings. The van der Waals surface area contributed by atoms with E-state index < -0.39 is 0 Å². The summed E-state index contributed by atoms with van der Waals surface area (Å²) in [5.41, 5.74) is 0. The Balaban J connectivity index is 1.59. The first kappa shape index (κ1) is 19.0. The Kier molecular flexibility index (Phi) is 13.4. The molecule has 126 valence electrons. The second-order valence-corrected chi connectivity index (χ2v) is 6.63. The number of ether oxygens (including phenoxy) is 2. The van der Waals surface area contributed by atoms with Crippen LogP contribution in [-0.2, 0) is 9.47 Å². The Bertz CT molecular complexity index is 202. The topological polar surface area (TPSA) is 21.8 Å². The number of epoxide rings is 1. The number of rotatable bonds is 17. The van der Waals surface area contributed by atoms with Gasteiger partial charge in [-0.15, -0.1) is 0 Å². The van der Waals surface area contributed by atoms with Gasteiger partial charge in [0.15, 0.2) is 0 Å². The Morgan fingerprint density at radius 2 is 1.14 bits per heavy atom. The van der Waals surface area contributed by atoms with E-state index in [0.717, 1.165) is 19.8 Å². The van der Waals surface area contributed by atoms with Crippen LogP contribution < -0.4 is 0 Å². The van der Waals surface area contributed by atoms with Crippen LogP contribution in [0.3, 0.4) is 0 Å². The molecular weight excluding hydrogens is 260 g/mol. The van der Waals surface area contributed by atoms with Crippen molar-refractivity contribution in [2.45, 2.75) is 103 Å². The van der Waals surface area contributed by atoms with E-state index in [0.29, 0.717) is 6.10 Å². The summed E-state index contributed by atoms with van der Waals surface area (Å²) in [7, 11) is 0. The zero-order chi connectivity index (χ0) is 15.0. The average Bonchev–Trinajstić information content (AvgIpc) is 3.31. The van der Waals surface area contributed by atoms with E-state index in [9.17, 15) is 0 Å². The summed E-state index contributed by atoms with van der Waals surface area (Å²) in [5.74, 6) is 0. The number of hydrogen-bond donors (Lipinski definition) is 0. The van der Waals surface area contributed by atoms with Crippen molar-refractivity contribution in [1.82, 2.24) is 0 Å². The first-order valence-electron chi connectivity index (χ1n) is 9.63. The number of unbranched alkanes of at least 4 members (excludes halogenated alkanes) is 13. The molecular formula is C19H38O2. The van der Waals surface area contributed by atoms with Gasteiger partial charge in [-0.1, -0.05) is 90.4 Å². The summed E-state index contributed by atoms with van der Waals surface area (Å²) in [6.07, 6.45) is 20.2. The molecule has 0 amide bonds. The molecule has 1 rings (SSSR count). The summed E-state index contributed by atoms with van der Waals surface area (Å²) in [5, 5.41) is 0. The molecule has 0 aromatic heterocycles. The Morgan fingerprint density at radius 1 is 0.714 bits per heavy atom. The fourth-order valence-electron chi connectivity index (χ4n) is 2.78. The summed E-state index contributed by atoms with van der Waals surface area (Å²) >= 11 is 0. The first-order valence-corrected chi connectivity index (χ1v) is 9.63. The standard InChI is InChI=1S/C19H38O2/c1-2-3-4-5-6-7-8-9-10-11-12-13-14-15-16-20-17-19-18-21-19/h19H,2-18H2,1H3/t19-/m0/s1. The maximum Gasteiger partial charge on any atom is 0.104 e. The zero-order valence-electron chi connectivity index (χ0n) is 14.4. The van der Waals surface area contributed by atoms with Crippen LogP contribution in [-0.4, -0.2) is 25.9 Å². The third kappa shape index (κ3) is 14.6. The van der Waals surface area contributed by atoms with Gasteiger partial charge < -0.3 is 9.47 Å². The van der Waals surface area contributed by atoms with Crippen LogP contribution in [0.15, 0.2) is 0 Å². The van der Waals surface area contributed by atoms with E-state index >= 15 is 0 Å². The van der Waals surface area contributed by atoms with E-state index in [2.05, 4.69) is 6.92 Å². The summed E-state index contributed by atoms with van der Waals surface area (Å²) < 4.78 is 10.6. The van der Waals surface area contributed by atoms with Crippen LogP contribution in [0.5, 0.6) is 0 Å². The van der Waals surface area contributed by atoms with Crippen molar-refractivity contribution in [1.29, 1.82) is 0 Å². The molecule has 1 aliphatic rings. The summed E-state index contributed by atoms with van der Waals surface area (Å²) in [6, 6.07) is 0. The third-order valence-corrected chi connectivity index (χ3v) is 4.35. The van der Waals surface area contributed by atoms with Gasteiger partial charge in [-0.05, 0) is 6.42 Å². The van der Waals surface area contributed by atoms with Gasteiger partial charge >= 0.3 is 0 Å². The van der Waals surface area contributed by atoms with Crippen LogP contribution in [0.2, 0.25) is 0 Å². The lowest BCUT2D eigenvalue weighted by Crippen LogP contribution is -2.02. The molecule has 0 N–H and O–H groups in total. The highest BCUT2D eigenvalue weighted by atomic mass is 16.6. The fraction of sp³-hybridized carbons (Fsp3) is 1.00. The predicted octanol–water partition coefficient (Wildman–Crippen LogP) is 5.88. The van der Waals surface area contributed by atoms with Gasteiger partial charge in [-0.3, -0.25) is 0 Å². The van der Waals surface area contributed by atoms with Crippen LogP contribution >= 0.6 is 0 Å². The van der Waals surface area contributed by atoms with Crippen LogP contribution in [0, 0.1) is 0 Å². The molecule has 0 aromatic carbocycles.